The molecule has 10 nitrogen and oxygen atoms in total. The Bertz CT molecular complexity index is 1430. The zero-order valence-corrected chi connectivity index (χ0v) is 22.4. The van der Waals surface area contributed by atoms with Gasteiger partial charge in [-0.25, -0.2) is 0 Å². The molecular weight excluding hydrogens is 512 g/mol. The van der Waals surface area contributed by atoms with Gasteiger partial charge in [0.05, 0.1) is 54.5 Å². The Morgan fingerprint density at radius 2 is 1.76 bits per heavy atom. The number of nitrogens with two attached hydrogens (primary N) is 1. The summed E-state index contributed by atoms with van der Waals surface area (Å²) in [4.78, 5) is 26.1. The van der Waals surface area contributed by atoms with Crippen LogP contribution < -0.4 is 24.8 Å². The van der Waals surface area contributed by atoms with Gasteiger partial charge in [0.25, 0.3) is 5.69 Å². The Morgan fingerprint density at radius 3 is 2.26 bits per heavy atom. The number of ketones is 1. The van der Waals surface area contributed by atoms with Gasteiger partial charge in [-0.3, -0.25) is 19.8 Å². The van der Waals surface area contributed by atoms with Crippen molar-refractivity contribution in [2.45, 2.75) is 32.6 Å². The van der Waals surface area contributed by atoms with E-state index in [9.17, 15) is 20.2 Å². The zero-order valence-electron chi connectivity index (χ0n) is 21.6. The van der Waals surface area contributed by atoms with Gasteiger partial charge < -0.3 is 19.9 Å². The highest BCUT2D eigenvalue weighted by molar-refractivity contribution is 6.33. The number of anilines is 1. The quantitative estimate of drug-likeness (QED) is 0.387. The van der Waals surface area contributed by atoms with Crippen LogP contribution in [0.5, 0.6) is 17.2 Å². The molecule has 2 aromatic carbocycles. The van der Waals surface area contributed by atoms with E-state index in [4.69, 9.17) is 31.5 Å². The highest BCUT2D eigenvalue weighted by Gasteiger charge is 2.46. The maximum absolute atomic E-state index is 13.8. The van der Waals surface area contributed by atoms with Crippen LogP contribution in [0.1, 0.15) is 38.2 Å². The fraction of sp³-hybridized carbons (Fsp3) is 0.333. The van der Waals surface area contributed by atoms with Gasteiger partial charge in [0.2, 0.25) is 0 Å². The van der Waals surface area contributed by atoms with Gasteiger partial charge in [0.1, 0.15) is 23.1 Å². The van der Waals surface area contributed by atoms with Crippen LogP contribution in [-0.2, 0) is 4.79 Å². The van der Waals surface area contributed by atoms with Crippen LogP contribution in [0.25, 0.3) is 0 Å². The lowest BCUT2D eigenvalue weighted by molar-refractivity contribution is -0.384. The highest BCUT2D eigenvalue weighted by atomic mass is 35.5. The minimum Gasteiger partial charge on any atom is -0.496 e. The summed E-state index contributed by atoms with van der Waals surface area (Å²) in [6.07, 6.45) is 0.668. The average Bonchev–Trinajstić information content (AvgIpc) is 2.86. The molecule has 1 heterocycles. The Balaban J connectivity index is 2.07. The lowest BCUT2D eigenvalue weighted by Crippen LogP contribution is -2.42. The van der Waals surface area contributed by atoms with Crippen LogP contribution in [0, 0.1) is 26.9 Å². The molecule has 38 heavy (non-hydrogen) atoms. The molecule has 2 aromatic rings. The molecule has 4 rings (SSSR count). The fourth-order valence-electron chi connectivity index (χ4n) is 5.18. The second-order valence-corrected chi connectivity index (χ2v) is 10.2. The molecule has 198 valence electrons. The number of hydrogen-bond donors (Lipinski definition) is 1. The molecule has 1 atom stereocenters. The second-order valence-electron chi connectivity index (χ2n) is 9.82. The molecule has 0 bridgehead atoms. The first-order valence-corrected chi connectivity index (χ1v) is 12.1. The zero-order chi connectivity index (χ0) is 27.9. The molecule has 0 amide bonds. The molecule has 0 fully saturated rings. The first-order chi connectivity index (χ1) is 18.0. The maximum atomic E-state index is 13.8. The van der Waals surface area contributed by atoms with E-state index >= 15 is 0 Å². The number of nitro groups is 1. The summed E-state index contributed by atoms with van der Waals surface area (Å²) in [6, 6.07) is 9.48. The minimum atomic E-state index is -0.887. The van der Waals surface area contributed by atoms with Crippen molar-refractivity contribution in [3.05, 3.63) is 73.7 Å². The summed E-state index contributed by atoms with van der Waals surface area (Å²) in [5.74, 6) is 0.193. The predicted molar refractivity (Wildman–Crippen MR) is 141 cm³/mol. The van der Waals surface area contributed by atoms with Crippen LogP contribution in [0.15, 0.2) is 53.0 Å². The van der Waals surface area contributed by atoms with Crippen molar-refractivity contribution in [1.82, 2.24) is 0 Å². The molecule has 0 saturated heterocycles. The van der Waals surface area contributed by atoms with E-state index in [0.29, 0.717) is 46.2 Å². The predicted octanol–water partition coefficient (Wildman–Crippen LogP) is 5.21. The molecule has 0 radical (unpaired) electrons. The number of hydrogen-bond acceptors (Lipinski definition) is 9. The van der Waals surface area contributed by atoms with Crippen molar-refractivity contribution in [2.75, 3.05) is 26.2 Å². The normalized spacial score (nSPS) is 18.6. The molecule has 1 aliphatic carbocycles. The first kappa shape index (κ1) is 26.8. The number of rotatable bonds is 6. The first-order valence-electron chi connectivity index (χ1n) is 11.7. The molecule has 11 heteroatoms. The smallest absolute Gasteiger partial charge is 0.271 e. The summed E-state index contributed by atoms with van der Waals surface area (Å²) in [7, 11) is 4.46. The van der Waals surface area contributed by atoms with Crippen LogP contribution in [0.2, 0.25) is 5.02 Å². The largest absolute Gasteiger partial charge is 0.496 e. The average molecular weight is 539 g/mol. The molecule has 2 aliphatic rings. The van der Waals surface area contributed by atoms with Crippen molar-refractivity contribution >= 4 is 28.8 Å². The van der Waals surface area contributed by atoms with E-state index in [2.05, 4.69) is 6.07 Å². The summed E-state index contributed by atoms with van der Waals surface area (Å²) < 4.78 is 16.7. The van der Waals surface area contributed by atoms with E-state index in [1.807, 2.05) is 13.8 Å². The van der Waals surface area contributed by atoms with Crippen molar-refractivity contribution < 1.29 is 23.9 Å². The lowest BCUT2D eigenvalue weighted by Gasteiger charge is -2.44. The Hall–Kier alpha value is -4.23. The number of nitrogens with zero attached hydrogens (tertiary/aromatic N) is 3. The number of non-ortho nitro benzene ring substituents is 1. The molecular formula is C27H27ClN4O6. The van der Waals surface area contributed by atoms with Crippen molar-refractivity contribution in [1.29, 1.82) is 5.26 Å². The molecule has 0 unspecified atom stereocenters. The number of allylic oxidation sites excluding steroid dienone is 3. The van der Waals surface area contributed by atoms with E-state index in [0.717, 1.165) is 0 Å². The van der Waals surface area contributed by atoms with Gasteiger partial charge in [-0.15, -0.1) is 0 Å². The topological polar surface area (TPSA) is 141 Å². The second kappa shape index (κ2) is 9.91. The number of ether oxygens (including phenoxy) is 3. The number of benzene rings is 2. The minimum absolute atomic E-state index is 0.0532. The highest BCUT2D eigenvalue weighted by Crippen LogP contribution is 2.54. The van der Waals surface area contributed by atoms with E-state index in [1.165, 1.54) is 39.5 Å². The molecule has 1 aliphatic heterocycles. The van der Waals surface area contributed by atoms with Crippen molar-refractivity contribution in [2.24, 2.45) is 11.1 Å². The maximum Gasteiger partial charge on any atom is 0.271 e. The summed E-state index contributed by atoms with van der Waals surface area (Å²) in [5.41, 5.74) is 7.86. The van der Waals surface area contributed by atoms with E-state index < -0.39 is 16.3 Å². The molecule has 0 spiro atoms. The van der Waals surface area contributed by atoms with Gasteiger partial charge in [0.15, 0.2) is 5.78 Å². The molecule has 0 aromatic heterocycles. The van der Waals surface area contributed by atoms with Crippen LogP contribution in [0.3, 0.4) is 0 Å². The third-order valence-corrected chi connectivity index (χ3v) is 7.11. The van der Waals surface area contributed by atoms with Gasteiger partial charge in [-0.1, -0.05) is 25.4 Å². The third kappa shape index (κ3) is 4.39. The van der Waals surface area contributed by atoms with Gasteiger partial charge in [-0.05, 0) is 17.9 Å². The standard InChI is InChI=1S/C27H27ClN4O6/c1-27(2)11-19-24(20(33)12-27)23(25-21(37-4)9-15(36-3)10-22(25)38-5)16(13-29)26(30)31(19)18-7-6-14(32(34)35)8-17(18)28/h6-10,23H,11-12,30H2,1-5H3/t23-/m1/s1. The number of Topliss-reactive ketones (excluding diaryl/α,β-unsaturated/α-hetero) is 1. The Morgan fingerprint density at radius 1 is 1.13 bits per heavy atom. The number of nitro benzene ring substituents is 1. The Kier molecular flexibility index (Phi) is 7.00. The number of carbonyl (C=O) groups excluding carboxylic acids is 1. The summed E-state index contributed by atoms with van der Waals surface area (Å²) >= 11 is 6.52. The summed E-state index contributed by atoms with van der Waals surface area (Å²) in [5, 5.41) is 21.7. The fourth-order valence-corrected chi connectivity index (χ4v) is 5.44. The summed E-state index contributed by atoms with van der Waals surface area (Å²) in [6.45, 7) is 3.93. The number of carbonyl (C=O) groups is 1. The van der Waals surface area contributed by atoms with Crippen LogP contribution in [0.4, 0.5) is 11.4 Å². The van der Waals surface area contributed by atoms with Crippen molar-refractivity contribution in [3.63, 3.8) is 0 Å². The SMILES string of the molecule is COc1cc(OC)c([C@@H]2C(C#N)=C(N)N(c3ccc([N+](=O)[O-])cc3Cl)C3=C2C(=O)CC(C)(C)C3)c(OC)c1. The molecule has 0 saturated carbocycles. The lowest BCUT2D eigenvalue weighted by atomic mass is 9.68. The number of methoxy groups -OCH3 is 3. The van der Waals surface area contributed by atoms with E-state index in [1.54, 1.807) is 17.0 Å². The Labute approximate surface area is 225 Å². The van der Waals surface area contributed by atoms with E-state index in [-0.39, 0.29) is 34.3 Å². The van der Waals surface area contributed by atoms with Crippen LogP contribution in [-0.4, -0.2) is 32.0 Å². The number of halogens is 1. The van der Waals surface area contributed by atoms with Crippen LogP contribution >= 0.6 is 11.6 Å². The molecule has 2 N–H and O–H groups in total. The monoisotopic (exact) mass is 538 g/mol. The third-order valence-electron chi connectivity index (χ3n) is 6.81. The number of nitriles is 1. The van der Waals surface area contributed by atoms with Crippen molar-refractivity contribution in [3.8, 4) is 23.3 Å². The van der Waals surface area contributed by atoms with Gasteiger partial charge in [0, 0.05) is 47.5 Å². The van der Waals surface area contributed by atoms with Gasteiger partial charge in [-0.2, -0.15) is 5.26 Å². The van der Waals surface area contributed by atoms with Gasteiger partial charge >= 0.3 is 0 Å².